The van der Waals surface area contributed by atoms with Gasteiger partial charge in [-0.25, -0.2) is 13.2 Å². The van der Waals surface area contributed by atoms with Crippen LogP contribution in [0.1, 0.15) is 114 Å². The first-order valence-electron chi connectivity index (χ1n) is 20.4. The Morgan fingerprint density at radius 2 is 1.47 bits per heavy atom. The molecule has 5 rings (SSSR count). The second kappa shape index (κ2) is 26.4. The number of hydrogen-bond acceptors (Lipinski definition) is 7. The summed E-state index contributed by atoms with van der Waals surface area (Å²) in [5.41, 5.74) is 6.14. The van der Waals surface area contributed by atoms with Crippen LogP contribution in [-0.2, 0) is 32.4 Å². The number of carboxylic acid groups (broad SMARTS) is 2. The van der Waals surface area contributed by atoms with Crippen molar-refractivity contribution in [3.8, 4) is 11.1 Å². The number of carbonyl (C=O) groups is 3. The van der Waals surface area contributed by atoms with Crippen LogP contribution in [0, 0.1) is 18.3 Å². The van der Waals surface area contributed by atoms with Crippen molar-refractivity contribution in [1.29, 1.82) is 0 Å². The summed E-state index contributed by atoms with van der Waals surface area (Å²) in [5, 5.41) is 20.6. The third kappa shape index (κ3) is 20.0. The monoisotopic (exact) mass is 826 g/mol. The van der Waals surface area contributed by atoms with E-state index in [0.29, 0.717) is 11.6 Å². The number of amides is 1. The van der Waals surface area contributed by atoms with Crippen LogP contribution >= 0.6 is 11.8 Å². The number of thioether (sulfide) groups is 1. The summed E-state index contributed by atoms with van der Waals surface area (Å²) in [6.07, 6.45) is 9.79. The summed E-state index contributed by atoms with van der Waals surface area (Å²) in [5.74, 6) is -2.06. The molecule has 3 atom stereocenters. The molecule has 9 nitrogen and oxygen atoms in total. The van der Waals surface area contributed by atoms with E-state index in [9.17, 15) is 27.9 Å². The van der Waals surface area contributed by atoms with E-state index in [2.05, 4.69) is 48.3 Å². The predicted molar refractivity (Wildman–Crippen MR) is 239 cm³/mol. The molecule has 1 heterocycles. The maximum absolute atomic E-state index is 13.4. The molecule has 318 valence electrons. The molecule has 1 saturated heterocycles. The second-order valence-electron chi connectivity index (χ2n) is 15.1. The lowest BCUT2D eigenvalue weighted by molar-refractivity contribution is -0.141. The van der Waals surface area contributed by atoms with Crippen LogP contribution in [-0.4, -0.2) is 84.0 Å². The van der Waals surface area contributed by atoms with E-state index in [0.717, 1.165) is 78.5 Å². The molecule has 1 amide bonds. The molecule has 0 bridgehead atoms. The summed E-state index contributed by atoms with van der Waals surface area (Å²) < 4.78 is 23.2. The number of carboxylic acids is 2. The van der Waals surface area contributed by atoms with Crippen LogP contribution in [0.15, 0.2) is 72.8 Å². The fourth-order valence-corrected chi connectivity index (χ4v) is 7.19. The van der Waals surface area contributed by atoms with Crippen molar-refractivity contribution in [2.75, 3.05) is 30.6 Å². The van der Waals surface area contributed by atoms with E-state index in [4.69, 9.17) is 5.11 Å². The summed E-state index contributed by atoms with van der Waals surface area (Å²) in [7, 11) is -3.37. The number of benzene rings is 3. The van der Waals surface area contributed by atoms with E-state index >= 15 is 0 Å². The van der Waals surface area contributed by atoms with Crippen molar-refractivity contribution in [1.82, 2.24) is 10.2 Å². The number of aliphatic carboxylic acids is 2. The fourth-order valence-electron chi connectivity index (χ4n) is 5.93. The molecular formula is C46H70N2O7S2. The number of nitrogens with one attached hydrogen (secondary N) is 1. The van der Waals surface area contributed by atoms with Gasteiger partial charge in [-0.15, -0.1) is 0 Å². The second-order valence-corrected chi connectivity index (χ2v) is 18.4. The van der Waals surface area contributed by atoms with Gasteiger partial charge < -0.3 is 15.5 Å². The Labute approximate surface area is 348 Å². The fraction of sp³-hybridized carbons (Fsp3) is 0.543. The molecule has 0 aromatic heterocycles. The Hall–Kier alpha value is -3.67. The first-order valence-corrected chi connectivity index (χ1v) is 23.8. The number of sulfone groups is 1. The lowest BCUT2D eigenvalue weighted by atomic mass is 9.93. The molecule has 0 radical (unpaired) electrons. The molecule has 1 aliphatic carbocycles. The molecule has 1 aliphatic heterocycles. The van der Waals surface area contributed by atoms with Crippen LogP contribution in [0.3, 0.4) is 0 Å². The molecule has 3 aromatic carbocycles. The van der Waals surface area contributed by atoms with E-state index < -0.39 is 33.7 Å². The Bertz CT molecular complexity index is 1760. The molecule has 0 spiro atoms. The maximum atomic E-state index is 13.4. The Balaban J connectivity index is 0.000000750. The average Bonchev–Trinajstić information content (AvgIpc) is 3.72. The molecule has 57 heavy (non-hydrogen) atoms. The normalized spacial score (nSPS) is 16.3. The van der Waals surface area contributed by atoms with Gasteiger partial charge in [-0.1, -0.05) is 109 Å². The number of carbonyl (C=O) groups excluding carboxylic acids is 1. The van der Waals surface area contributed by atoms with Crippen LogP contribution < -0.4 is 5.32 Å². The van der Waals surface area contributed by atoms with E-state index in [-0.39, 0.29) is 18.1 Å². The van der Waals surface area contributed by atoms with Crippen LogP contribution in [0.5, 0.6) is 0 Å². The topological polar surface area (TPSA) is 141 Å². The highest BCUT2D eigenvalue weighted by Gasteiger charge is 2.30. The smallest absolute Gasteiger partial charge is 0.326 e. The van der Waals surface area contributed by atoms with Gasteiger partial charge >= 0.3 is 11.9 Å². The molecular weight excluding hydrogens is 757 g/mol. The zero-order valence-electron chi connectivity index (χ0n) is 36.1. The highest BCUT2D eigenvalue weighted by Crippen LogP contribution is 2.43. The zero-order valence-corrected chi connectivity index (χ0v) is 37.8. The number of aryl methyl sites for hydroxylation is 1. The van der Waals surface area contributed by atoms with E-state index in [1.54, 1.807) is 24.8 Å². The summed E-state index contributed by atoms with van der Waals surface area (Å²) in [6.45, 7) is 18.1. The van der Waals surface area contributed by atoms with Gasteiger partial charge in [0, 0.05) is 24.4 Å². The Kier molecular flexibility index (Phi) is 23.7. The van der Waals surface area contributed by atoms with Crippen molar-refractivity contribution in [2.45, 2.75) is 119 Å². The molecule has 3 N–H and O–H groups in total. The van der Waals surface area contributed by atoms with Crippen LogP contribution in [0.2, 0.25) is 0 Å². The summed E-state index contributed by atoms with van der Waals surface area (Å²) >= 11 is 1.68. The third-order valence-corrected chi connectivity index (χ3v) is 11.4. The van der Waals surface area contributed by atoms with Crippen LogP contribution in [0.25, 0.3) is 11.1 Å². The third-order valence-electron chi connectivity index (χ3n) is 9.77. The van der Waals surface area contributed by atoms with Gasteiger partial charge in [-0.2, -0.15) is 11.8 Å². The summed E-state index contributed by atoms with van der Waals surface area (Å²) in [6, 6.07) is 23.2. The zero-order chi connectivity index (χ0) is 43.2. The minimum absolute atomic E-state index is 0.183. The van der Waals surface area contributed by atoms with Crippen LogP contribution in [0.4, 0.5) is 0 Å². The van der Waals surface area contributed by atoms with Gasteiger partial charge in [0.25, 0.3) is 5.91 Å². The standard InChI is InChI=1S/C31H36N2O5S.C6H12O2S.C5H10.2C2H6/c1-22-9-6-7-13-26(22)28-20-24(21-33-17-8-12-25(33)19-23-10-4-3-5-11-23)14-15-27(28)30(34)32-29(31(35)36)16-18-39(2,37)38;1-5(6(7)8)3-4-9-2;1-5(2)3-4-5;2*1-2/h3-7,9-11,13-15,20,25,29H,8,12,16-19,21H2,1-2H3,(H,32,34)(H,35,36);5H,3-4H2,1-2H3,(H,7,8);3-4H2,1-2H3;2*1-2H3. The molecule has 3 aromatic rings. The highest BCUT2D eigenvalue weighted by atomic mass is 32.2. The first kappa shape index (κ1) is 51.3. The summed E-state index contributed by atoms with van der Waals surface area (Å²) in [4.78, 5) is 37.8. The van der Waals surface area contributed by atoms with Gasteiger partial charge in [-0.3, -0.25) is 14.5 Å². The van der Waals surface area contributed by atoms with Gasteiger partial charge in [0.05, 0.1) is 11.7 Å². The largest absolute Gasteiger partial charge is 0.481 e. The molecule has 3 unspecified atom stereocenters. The highest BCUT2D eigenvalue weighted by molar-refractivity contribution is 7.98. The average molecular weight is 827 g/mol. The quantitative estimate of drug-likeness (QED) is 0.137. The predicted octanol–water partition coefficient (Wildman–Crippen LogP) is 9.81. The molecule has 11 heteroatoms. The minimum Gasteiger partial charge on any atom is -0.481 e. The Morgan fingerprint density at radius 3 is 2.00 bits per heavy atom. The SMILES string of the molecule is CC.CC.CC1(C)CC1.CSCCC(C)C(=O)O.Cc1ccccc1-c1cc(CN2CCCC2Cc2ccccc2)ccc1C(=O)NC(CCS(C)(=O)=O)C(=O)O. The maximum Gasteiger partial charge on any atom is 0.326 e. The number of hydrogen-bond donors (Lipinski definition) is 3. The van der Waals surface area contributed by atoms with Gasteiger partial charge in [-0.05, 0) is 116 Å². The molecule has 2 fully saturated rings. The lowest BCUT2D eigenvalue weighted by Gasteiger charge is -2.25. The number of likely N-dealkylation sites (tertiary alicyclic amines) is 1. The van der Waals surface area contributed by atoms with E-state index in [1.165, 1.54) is 18.4 Å². The number of nitrogens with zero attached hydrogens (tertiary/aromatic N) is 1. The van der Waals surface area contributed by atoms with Gasteiger partial charge in [0.1, 0.15) is 15.9 Å². The van der Waals surface area contributed by atoms with E-state index in [1.807, 2.05) is 83.3 Å². The lowest BCUT2D eigenvalue weighted by Crippen LogP contribution is -2.42. The Morgan fingerprint density at radius 1 is 0.877 bits per heavy atom. The minimum atomic E-state index is -3.37. The molecule has 2 aliphatic rings. The van der Waals surface area contributed by atoms with Crippen molar-refractivity contribution in [3.63, 3.8) is 0 Å². The van der Waals surface area contributed by atoms with Gasteiger partial charge in [0.15, 0.2) is 0 Å². The van der Waals surface area contributed by atoms with Crippen molar-refractivity contribution < 1.29 is 33.0 Å². The van der Waals surface area contributed by atoms with Gasteiger partial charge in [0.2, 0.25) is 0 Å². The number of rotatable bonds is 15. The van der Waals surface area contributed by atoms with Crippen molar-refractivity contribution in [3.05, 3.63) is 95.1 Å². The molecule has 1 saturated carbocycles. The van der Waals surface area contributed by atoms with Crippen molar-refractivity contribution in [2.24, 2.45) is 11.3 Å². The van der Waals surface area contributed by atoms with Crippen molar-refractivity contribution >= 4 is 39.4 Å². The first-order chi connectivity index (χ1) is 27.0.